The highest BCUT2D eigenvalue weighted by Crippen LogP contribution is 2.18. The van der Waals surface area contributed by atoms with Gasteiger partial charge in [-0.05, 0) is 54.2 Å². The van der Waals surface area contributed by atoms with Gasteiger partial charge in [-0.15, -0.1) is 0 Å². The summed E-state index contributed by atoms with van der Waals surface area (Å²) in [5.74, 6) is 11.9. The summed E-state index contributed by atoms with van der Waals surface area (Å²) in [6, 6.07) is 14.1. The van der Waals surface area contributed by atoms with Crippen LogP contribution in [0.5, 0.6) is 0 Å². The van der Waals surface area contributed by atoms with Crippen molar-refractivity contribution in [1.82, 2.24) is 0 Å². The fraction of sp³-hybridized carbons (Fsp3) is 0.190. The van der Waals surface area contributed by atoms with E-state index in [1.807, 2.05) is 30.3 Å². The molecular weight excluding hydrogens is 268 g/mol. The van der Waals surface area contributed by atoms with Crippen LogP contribution in [0.1, 0.15) is 41.7 Å². The molecule has 108 valence electrons. The zero-order chi connectivity index (χ0) is 15.8. The number of benzene rings is 2. The van der Waals surface area contributed by atoms with Crippen molar-refractivity contribution in [3.05, 3.63) is 70.3 Å². The predicted molar refractivity (Wildman–Crippen MR) is 90.6 cm³/mol. The van der Waals surface area contributed by atoms with E-state index in [0.717, 1.165) is 40.7 Å². The van der Waals surface area contributed by atoms with Crippen LogP contribution in [0.15, 0.2) is 42.5 Å². The van der Waals surface area contributed by atoms with Crippen molar-refractivity contribution < 1.29 is 4.79 Å². The maximum atomic E-state index is 10.5. The summed E-state index contributed by atoms with van der Waals surface area (Å²) in [5, 5.41) is 0. The van der Waals surface area contributed by atoms with Gasteiger partial charge >= 0.3 is 0 Å². The van der Waals surface area contributed by atoms with Gasteiger partial charge in [-0.25, -0.2) is 0 Å². The monoisotopic (exact) mass is 286 g/mol. The highest BCUT2D eigenvalue weighted by atomic mass is 16.1. The fourth-order valence-corrected chi connectivity index (χ4v) is 2.28. The largest absolute Gasteiger partial charge is 0.289 e. The van der Waals surface area contributed by atoms with Crippen molar-refractivity contribution >= 4 is 6.29 Å². The SMILES string of the molecule is CCc1cc(C#Cc2ccccc2)c(CC)cc1C#CC=O. The summed E-state index contributed by atoms with van der Waals surface area (Å²) in [4.78, 5) is 10.5. The van der Waals surface area contributed by atoms with Gasteiger partial charge in [-0.2, -0.15) is 0 Å². The van der Waals surface area contributed by atoms with Crippen molar-refractivity contribution in [2.45, 2.75) is 26.7 Å². The minimum Gasteiger partial charge on any atom is -0.289 e. The number of hydrogen-bond acceptors (Lipinski definition) is 1. The molecule has 22 heavy (non-hydrogen) atoms. The molecule has 0 saturated heterocycles. The van der Waals surface area contributed by atoms with Crippen molar-refractivity contribution in [3.63, 3.8) is 0 Å². The van der Waals surface area contributed by atoms with Crippen LogP contribution in [0.2, 0.25) is 0 Å². The molecule has 0 aliphatic rings. The smallest absolute Gasteiger partial charge is 0.193 e. The molecule has 1 heteroatoms. The first kappa shape index (κ1) is 15.6. The normalized spacial score (nSPS) is 9.18. The summed E-state index contributed by atoms with van der Waals surface area (Å²) >= 11 is 0. The molecule has 0 aliphatic heterocycles. The summed E-state index contributed by atoms with van der Waals surface area (Å²) in [5.41, 5.74) is 5.27. The highest BCUT2D eigenvalue weighted by Gasteiger charge is 2.05. The molecule has 2 aromatic rings. The Morgan fingerprint density at radius 3 is 2.00 bits per heavy atom. The molecule has 0 unspecified atom stereocenters. The molecule has 0 atom stereocenters. The van der Waals surface area contributed by atoms with Gasteiger partial charge in [0.05, 0.1) is 0 Å². The summed E-state index contributed by atoms with van der Waals surface area (Å²) in [7, 11) is 0. The number of aldehydes is 1. The maximum absolute atomic E-state index is 10.5. The quantitative estimate of drug-likeness (QED) is 0.607. The summed E-state index contributed by atoms with van der Waals surface area (Å²) in [6.07, 6.45) is 2.39. The predicted octanol–water partition coefficient (Wildman–Crippen LogP) is 3.76. The molecule has 0 N–H and O–H groups in total. The van der Waals surface area contributed by atoms with Gasteiger partial charge < -0.3 is 0 Å². The molecule has 0 spiro atoms. The zero-order valence-corrected chi connectivity index (χ0v) is 12.9. The second kappa shape index (κ2) is 7.87. The number of aryl methyl sites for hydroxylation is 2. The Hall–Kier alpha value is -2.77. The third-order valence-electron chi connectivity index (χ3n) is 3.47. The van der Waals surface area contributed by atoms with Gasteiger partial charge in [-0.1, -0.05) is 49.8 Å². The Bertz CT molecular complexity index is 778. The maximum Gasteiger partial charge on any atom is 0.193 e. The minimum absolute atomic E-state index is 0.633. The molecule has 0 radical (unpaired) electrons. The van der Waals surface area contributed by atoms with E-state index < -0.39 is 0 Å². The first-order chi connectivity index (χ1) is 10.8. The molecular formula is C21H18O. The van der Waals surface area contributed by atoms with Crippen molar-refractivity contribution in [3.8, 4) is 23.7 Å². The van der Waals surface area contributed by atoms with Gasteiger partial charge in [-0.3, -0.25) is 4.79 Å². The summed E-state index contributed by atoms with van der Waals surface area (Å²) < 4.78 is 0. The van der Waals surface area contributed by atoms with Gasteiger partial charge in [0.2, 0.25) is 0 Å². The standard InChI is InChI=1S/C21H18O/c1-3-18-16-21(13-12-17-9-6-5-7-10-17)19(4-2)15-20(18)11-8-14-22/h5-7,9-10,14-16H,3-4H2,1-2H3. The van der Waals surface area contributed by atoms with E-state index in [1.54, 1.807) is 0 Å². The van der Waals surface area contributed by atoms with E-state index in [0.29, 0.717) is 6.29 Å². The Kier molecular flexibility index (Phi) is 5.58. The Balaban J connectivity index is 2.48. The Morgan fingerprint density at radius 2 is 1.45 bits per heavy atom. The summed E-state index contributed by atoms with van der Waals surface area (Å²) in [6.45, 7) is 4.19. The van der Waals surface area contributed by atoms with Crippen molar-refractivity contribution in [1.29, 1.82) is 0 Å². The lowest BCUT2D eigenvalue weighted by Crippen LogP contribution is -1.96. The van der Waals surface area contributed by atoms with E-state index in [1.165, 1.54) is 0 Å². The third-order valence-corrected chi connectivity index (χ3v) is 3.47. The molecule has 0 saturated carbocycles. The molecule has 2 rings (SSSR count). The average Bonchev–Trinajstić information content (AvgIpc) is 2.58. The van der Waals surface area contributed by atoms with E-state index in [4.69, 9.17) is 0 Å². The average molecular weight is 286 g/mol. The Labute approximate surface area is 132 Å². The van der Waals surface area contributed by atoms with Crippen molar-refractivity contribution in [2.75, 3.05) is 0 Å². The molecule has 0 aromatic heterocycles. The van der Waals surface area contributed by atoms with Crippen LogP contribution in [-0.2, 0) is 17.6 Å². The number of carbonyl (C=O) groups excluding carboxylic acids is 1. The first-order valence-corrected chi connectivity index (χ1v) is 7.46. The van der Waals surface area contributed by atoms with E-state index in [9.17, 15) is 4.79 Å². The van der Waals surface area contributed by atoms with Gasteiger partial charge in [0.1, 0.15) is 0 Å². The molecule has 1 nitrogen and oxygen atoms in total. The van der Waals surface area contributed by atoms with Gasteiger partial charge in [0, 0.05) is 16.7 Å². The lowest BCUT2D eigenvalue weighted by atomic mass is 9.95. The topological polar surface area (TPSA) is 17.1 Å². The first-order valence-electron chi connectivity index (χ1n) is 7.46. The molecule has 0 heterocycles. The van der Waals surface area contributed by atoms with Gasteiger partial charge in [0.15, 0.2) is 6.29 Å². The van der Waals surface area contributed by atoms with Gasteiger partial charge in [0.25, 0.3) is 0 Å². The van der Waals surface area contributed by atoms with Crippen LogP contribution in [-0.4, -0.2) is 6.29 Å². The second-order valence-electron chi connectivity index (χ2n) is 4.88. The van der Waals surface area contributed by atoms with Crippen LogP contribution in [0, 0.1) is 23.7 Å². The lowest BCUT2D eigenvalue weighted by Gasteiger charge is -2.08. The van der Waals surface area contributed by atoms with Crippen LogP contribution < -0.4 is 0 Å². The molecule has 0 fully saturated rings. The van der Waals surface area contributed by atoms with Crippen molar-refractivity contribution in [2.24, 2.45) is 0 Å². The van der Waals surface area contributed by atoms with E-state index in [-0.39, 0.29) is 0 Å². The number of hydrogen-bond donors (Lipinski definition) is 0. The molecule has 0 bridgehead atoms. The number of rotatable bonds is 2. The highest BCUT2D eigenvalue weighted by molar-refractivity contribution is 5.74. The minimum atomic E-state index is 0.633. The van der Waals surface area contributed by atoms with Crippen LogP contribution in [0.3, 0.4) is 0 Å². The Morgan fingerprint density at radius 1 is 0.864 bits per heavy atom. The van der Waals surface area contributed by atoms with E-state index >= 15 is 0 Å². The second-order valence-corrected chi connectivity index (χ2v) is 4.88. The number of carbonyl (C=O) groups is 1. The molecule has 0 aliphatic carbocycles. The lowest BCUT2D eigenvalue weighted by molar-refractivity contribution is -0.103. The van der Waals surface area contributed by atoms with Crippen LogP contribution in [0.25, 0.3) is 0 Å². The van der Waals surface area contributed by atoms with Crippen LogP contribution >= 0.6 is 0 Å². The fourth-order valence-electron chi connectivity index (χ4n) is 2.28. The third kappa shape index (κ3) is 3.87. The van der Waals surface area contributed by atoms with Crippen LogP contribution in [0.4, 0.5) is 0 Å². The molecule has 2 aromatic carbocycles. The zero-order valence-electron chi connectivity index (χ0n) is 12.9. The van der Waals surface area contributed by atoms with E-state index in [2.05, 4.69) is 49.7 Å². The molecule has 0 amide bonds.